The van der Waals surface area contributed by atoms with E-state index in [1.54, 1.807) is 0 Å². The van der Waals surface area contributed by atoms with Gasteiger partial charge in [-0.25, -0.2) is 0 Å². The van der Waals surface area contributed by atoms with Crippen molar-refractivity contribution in [2.45, 2.75) is 20.4 Å². The molecule has 1 radical (unpaired) electrons. The van der Waals surface area contributed by atoms with Gasteiger partial charge in [0, 0.05) is 6.54 Å². The molecular formula is C11H16N. The van der Waals surface area contributed by atoms with E-state index in [0.29, 0.717) is 0 Å². The van der Waals surface area contributed by atoms with Gasteiger partial charge in [0.2, 0.25) is 0 Å². The molecule has 0 spiro atoms. The Morgan fingerprint density at radius 3 is 2.92 bits per heavy atom. The summed E-state index contributed by atoms with van der Waals surface area (Å²) in [6.07, 6.45) is 0. The third-order valence-electron chi connectivity index (χ3n) is 1.65. The summed E-state index contributed by atoms with van der Waals surface area (Å²) >= 11 is 0. The van der Waals surface area contributed by atoms with Gasteiger partial charge in [-0.2, -0.15) is 0 Å². The molecular weight excluding hydrogens is 146 g/mol. The highest BCUT2D eigenvalue weighted by Crippen LogP contribution is 1.97. The van der Waals surface area contributed by atoms with Crippen LogP contribution in [0.1, 0.15) is 19.4 Å². The monoisotopic (exact) mass is 162 g/mol. The second kappa shape index (κ2) is 4.94. The molecule has 0 heterocycles. The fourth-order valence-corrected chi connectivity index (χ4v) is 1.05. The molecule has 0 saturated heterocycles. The molecule has 0 bridgehead atoms. The Kier molecular flexibility index (Phi) is 3.81. The molecule has 0 fully saturated rings. The zero-order chi connectivity index (χ0) is 8.81. The van der Waals surface area contributed by atoms with Crippen LogP contribution in [0.25, 0.3) is 0 Å². The van der Waals surface area contributed by atoms with Crippen LogP contribution < -0.4 is 5.32 Å². The van der Waals surface area contributed by atoms with Crippen LogP contribution in [0.3, 0.4) is 0 Å². The number of hydrogen-bond acceptors (Lipinski definition) is 1. The molecule has 0 aliphatic carbocycles. The molecule has 12 heavy (non-hydrogen) atoms. The van der Waals surface area contributed by atoms with Crippen LogP contribution in [-0.2, 0) is 6.54 Å². The lowest BCUT2D eigenvalue weighted by atomic mass is 10.2. The second-order valence-corrected chi connectivity index (χ2v) is 3.44. The lowest BCUT2D eigenvalue weighted by Gasteiger charge is -2.06. The van der Waals surface area contributed by atoms with Crippen molar-refractivity contribution in [3.05, 3.63) is 35.9 Å². The Morgan fingerprint density at radius 2 is 2.33 bits per heavy atom. The van der Waals surface area contributed by atoms with Crippen molar-refractivity contribution < 1.29 is 0 Å². The van der Waals surface area contributed by atoms with Crippen LogP contribution >= 0.6 is 0 Å². The number of benzene rings is 1. The Labute approximate surface area is 74.8 Å². The van der Waals surface area contributed by atoms with Crippen LogP contribution in [-0.4, -0.2) is 6.54 Å². The molecule has 0 saturated carbocycles. The lowest BCUT2D eigenvalue weighted by molar-refractivity contribution is 0.552. The largest absolute Gasteiger partial charge is 0.312 e. The lowest BCUT2D eigenvalue weighted by Crippen LogP contribution is -2.18. The number of rotatable bonds is 4. The van der Waals surface area contributed by atoms with Crippen molar-refractivity contribution in [2.24, 2.45) is 5.92 Å². The Balaban J connectivity index is 2.25. The molecule has 1 heteroatoms. The van der Waals surface area contributed by atoms with Gasteiger partial charge in [0.05, 0.1) is 0 Å². The highest BCUT2D eigenvalue weighted by Gasteiger charge is 1.93. The first-order valence-corrected chi connectivity index (χ1v) is 4.44. The molecule has 0 atom stereocenters. The van der Waals surface area contributed by atoms with Crippen LogP contribution in [0.15, 0.2) is 24.3 Å². The Bertz CT molecular complexity index is 204. The van der Waals surface area contributed by atoms with Crippen LogP contribution in [0.4, 0.5) is 0 Å². The first-order valence-electron chi connectivity index (χ1n) is 4.44. The van der Waals surface area contributed by atoms with Crippen molar-refractivity contribution in [1.29, 1.82) is 0 Å². The van der Waals surface area contributed by atoms with Crippen molar-refractivity contribution in [2.75, 3.05) is 6.54 Å². The van der Waals surface area contributed by atoms with Crippen LogP contribution in [0.5, 0.6) is 0 Å². The number of hydrogen-bond donors (Lipinski definition) is 1. The fourth-order valence-electron chi connectivity index (χ4n) is 1.05. The van der Waals surface area contributed by atoms with Gasteiger partial charge < -0.3 is 5.32 Å². The van der Waals surface area contributed by atoms with Crippen molar-refractivity contribution >= 4 is 0 Å². The van der Waals surface area contributed by atoms with Gasteiger partial charge in [-0.05, 0) is 30.2 Å². The fraction of sp³-hybridized carbons (Fsp3) is 0.455. The zero-order valence-corrected chi connectivity index (χ0v) is 7.80. The maximum atomic E-state index is 3.38. The molecule has 1 aromatic carbocycles. The van der Waals surface area contributed by atoms with E-state index >= 15 is 0 Å². The van der Waals surface area contributed by atoms with E-state index in [4.69, 9.17) is 0 Å². The molecule has 65 valence electrons. The van der Waals surface area contributed by atoms with E-state index in [2.05, 4.69) is 31.3 Å². The van der Waals surface area contributed by atoms with E-state index < -0.39 is 0 Å². The minimum Gasteiger partial charge on any atom is -0.312 e. The normalized spacial score (nSPS) is 10.6. The summed E-state index contributed by atoms with van der Waals surface area (Å²) in [4.78, 5) is 0. The molecule has 0 aliphatic rings. The van der Waals surface area contributed by atoms with Gasteiger partial charge in [-0.15, -0.1) is 0 Å². The predicted molar refractivity (Wildman–Crippen MR) is 51.8 cm³/mol. The second-order valence-electron chi connectivity index (χ2n) is 3.44. The first kappa shape index (κ1) is 9.27. The smallest absolute Gasteiger partial charge is 0.0205 e. The summed E-state index contributed by atoms with van der Waals surface area (Å²) in [6, 6.07) is 11.1. The summed E-state index contributed by atoms with van der Waals surface area (Å²) in [7, 11) is 0. The van der Waals surface area contributed by atoms with E-state index in [9.17, 15) is 0 Å². The summed E-state index contributed by atoms with van der Waals surface area (Å²) in [5.74, 6) is 0.720. The highest BCUT2D eigenvalue weighted by molar-refractivity contribution is 5.13. The Morgan fingerprint density at radius 1 is 1.50 bits per heavy atom. The average molecular weight is 162 g/mol. The van der Waals surface area contributed by atoms with Crippen LogP contribution in [0, 0.1) is 12.0 Å². The molecule has 1 N–H and O–H groups in total. The average Bonchev–Trinajstić information content (AvgIpc) is 2.05. The van der Waals surface area contributed by atoms with Gasteiger partial charge in [-0.3, -0.25) is 0 Å². The SMILES string of the molecule is CC(C)CNCc1c[c]ccc1. The summed E-state index contributed by atoms with van der Waals surface area (Å²) < 4.78 is 0. The first-order chi connectivity index (χ1) is 5.79. The maximum Gasteiger partial charge on any atom is 0.0205 e. The van der Waals surface area contributed by atoms with E-state index in [1.807, 2.05) is 18.2 Å². The molecule has 1 rings (SSSR count). The Hall–Kier alpha value is -0.820. The summed E-state index contributed by atoms with van der Waals surface area (Å²) in [6.45, 7) is 6.46. The summed E-state index contributed by atoms with van der Waals surface area (Å²) in [5, 5.41) is 3.38. The standard InChI is InChI=1S/C11H16N/c1-10(2)8-12-9-11-6-4-3-5-7-11/h3-4,6-7,10,12H,8-9H2,1-2H3. The minimum atomic E-state index is 0.720. The van der Waals surface area contributed by atoms with Gasteiger partial charge >= 0.3 is 0 Å². The topological polar surface area (TPSA) is 12.0 Å². The van der Waals surface area contributed by atoms with Gasteiger partial charge in [0.25, 0.3) is 0 Å². The van der Waals surface area contributed by atoms with E-state index in [0.717, 1.165) is 19.0 Å². The molecule has 1 aromatic rings. The highest BCUT2D eigenvalue weighted by atomic mass is 14.8. The third kappa shape index (κ3) is 3.54. The molecule has 0 amide bonds. The van der Waals surface area contributed by atoms with Crippen molar-refractivity contribution in [3.8, 4) is 0 Å². The molecule has 0 unspecified atom stereocenters. The van der Waals surface area contributed by atoms with Crippen molar-refractivity contribution in [1.82, 2.24) is 5.32 Å². The maximum absolute atomic E-state index is 3.38. The van der Waals surface area contributed by atoms with Gasteiger partial charge in [-0.1, -0.05) is 32.0 Å². The number of nitrogens with one attached hydrogen (secondary N) is 1. The molecule has 0 aromatic heterocycles. The molecule has 1 nitrogen and oxygen atoms in total. The third-order valence-corrected chi connectivity index (χ3v) is 1.65. The van der Waals surface area contributed by atoms with Crippen LogP contribution in [0.2, 0.25) is 0 Å². The zero-order valence-electron chi connectivity index (χ0n) is 7.80. The summed E-state index contributed by atoms with van der Waals surface area (Å²) in [5.41, 5.74) is 1.30. The quantitative estimate of drug-likeness (QED) is 0.716. The minimum absolute atomic E-state index is 0.720. The van der Waals surface area contributed by atoms with E-state index in [-0.39, 0.29) is 0 Å². The van der Waals surface area contributed by atoms with Gasteiger partial charge in [0.1, 0.15) is 0 Å². The molecule has 0 aliphatic heterocycles. The van der Waals surface area contributed by atoms with Gasteiger partial charge in [0.15, 0.2) is 0 Å². The van der Waals surface area contributed by atoms with Crippen molar-refractivity contribution in [3.63, 3.8) is 0 Å². The van der Waals surface area contributed by atoms with E-state index in [1.165, 1.54) is 5.56 Å². The predicted octanol–water partition coefficient (Wildman–Crippen LogP) is 2.23.